The molecule has 0 aliphatic heterocycles. The largest absolute Gasteiger partial charge is 0.508 e. The Kier molecular flexibility index (Phi) is 13.3. The van der Waals surface area contributed by atoms with Crippen LogP contribution in [-0.4, -0.2) is 84.3 Å². The van der Waals surface area contributed by atoms with Gasteiger partial charge in [0.15, 0.2) is 0 Å². The first kappa shape index (κ1) is 32.8. The monoisotopic (exact) mass is 568 g/mol. The Labute approximate surface area is 240 Å². The first-order valence-electron chi connectivity index (χ1n) is 13.5. The number of nitrogens with one attached hydrogen (secondary N) is 4. The van der Waals surface area contributed by atoms with Gasteiger partial charge in [-0.05, 0) is 43.0 Å². The predicted molar refractivity (Wildman–Crippen MR) is 153 cm³/mol. The van der Waals surface area contributed by atoms with Crippen molar-refractivity contribution in [1.82, 2.24) is 26.2 Å². The summed E-state index contributed by atoms with van der Waals surface area (Å²) in [6.07, 6.45) is 1.16. The van der Waals surface area contributed by atoms with Gasteiger partial charge in [-0.1, -0.05) is 49.4 Å². The Morgan fingerprint density at radius 3 is 2.07 bits per heavy atom. The second kappa shape index (κ2) is 16.6. The van der Waals surface area contributed by atoms with Crippen molar-refractivity contribution >= 4 is 29.5 Å². The molecule has 0 radical (unpaired) electrons. The minimum atomic E-state index is -0.975. The molecular formula is C29H40N6O6. The molecule has 0 fully saturated rings. The second-order valence-corrected chi connectivity index (χ2v) is 9.70. The van der Waals surface area contributed by atoms with Crippen LogP contribution in [0.5, 0.6) is 5.75 Å². The molecule has 0 saturated carbocycles. The average molecular weight is 569 g/mol. The number of likely N-dealkylation sites (N-methyl/N-ethyl adjacent to an activating group) is 1. The third-order valence-electron chi connectivity index (χ3n) is 6.33. The first-order chi connectivity index (χ1) is 19.5. The number of benzene rings is 2. The van der Waals surface area contributed by atoms with E-state index in [2.05, 4.69) is 21.3 Å². The number of hydrogen-bond donors (Lipinski definition) is 6. The first-order valence-corrected chi connectivity index (χ1v) is 13.5. The number of phenolic OH excluding ortho intramolecular Hbond substituents is 1. The van der Waals surface area contributed by atoms with Crippen LogP contribution in [0.4, 0.5) is 0 Å². The molecule has 0 aliphatic rings. The van der Waals surface area contributed by atoms with Gasteiger partial charge in [0.1, 0.15) is 17.8 Å². The fourth-order valence-corrected chi connectivity index (χ4v) is 3.83. The fourth-order valence-electron chi connectivity index (χ4n) is 3.83. The summed E-state index contributed by atoms with van der Waals surface area (Å²) in [7, 11) is 1.45. The van der Waals surface area contributed by atoms with Crippen LogP contribution >= 0.6 is 0 Å². The Bertz CT molecular complexity index is 1170. The van der Waals surface area contributed by atoms with Crippen molar-refractivity contribution in [3.63, 3.8) is 0 Å². The van der Waals surface area contributed by atoms with Gasteiger partial charge in [-0.3, -0.25) is 24.0 Å². The lowest BCUT2D eigenvalue weighted by molar-refractivity contribution is -0.139. The van der Waals surface area contributed by atoms with Crippen LogP contribution in [0, 0.1) is 0 Å². The van der Waals surface area contributed by atoms with Crippen LogP contribution in [0.25, 0.3) is 0 Å². The number of rotatable bonds is 15. The summed E-state index contributed by atoms with van der Waals surface area (Å²) in [5.74, 6) is -2.43. The van der Waals surface area contributed by atoms with Crippen molar-refractivity contribution in [3.05, 3.63) is 65.7 Å². The van der Waals surface area contributed by atoms with Gasteiger partial charge in [-0.2, -0.15) is 0 Å². The molecule has 5 amide bonds. The van der Waals surface area contributed by atoms with Gasteiger partial charge >= 0.3 is 0 Å². The van der Waals surface area contributed by atoms with Gasteiger partial charge in [-0.25, -0.2) is 0 Å². The zero-order valence-corrected chi connectivity index (χ0v) is 23.7. The highest BCUT2D eigenvalue weighted by Crippen LogP contribution is 2.11. The van der Waals surface area contributed by atoms with Gasteiger partial charge in [-0.15, -0.1) is 0 Å². The maximum Gasteiger partial charge on any atom is 0.243 e. The molecule has 0 spiro atoms. The summed E-state index contributed by atoms with van der Waals surface area (Å²) in [4.78, 5) is 64.2. The fraction of sp³-hybridized carbons (Fsp3) is 0.414. The normalized spacial score (nSPS) is 12.8. The van der Waals surface area contributed by atoms with Crippen LogP contribution in [-0.2, 0) is 36.8 Å². The molecule has 0 heterocycles. The minimum Gasteiger partial charge on any atom is -0.508 e. The van der Waals surface area contributed by atoms with E-state index in [-0.39, 0.29) is 31.0 Å². The number of amides is 5. The third-order valence-corrected chi connectivity index (χ3v) is 6.33. The van der Waals surface area contributed by atoms with Crippen molar-refractivity contribution < 1.29 is 29.1 Å². The number of carbonyl (C=O) groups is 5. The molecule has 7 N–H and O–H groups in total. The molecule has 0 aromatic heterocycles. The molecule has 2 aromatic carbocycles. The number of hydrogen-bond acceptors (Lipinski definition) is 7. The smallest absolute Gasteiger partial charge is 0.243 e. The van der Waals surface area contributed by atoms with E-state index in [4.69, 9.17) is 5.73 Å². The average Bonchev–Trinajstić information content (AvgIpc) is 2.97. The molecule has 0 saturated heterocycles. The van der Waals surface area contributed by atoms with Crippen LogP contribution in [0.1, 0.15) is 31.4 Å². The maximum atomic E-state index is 13.0. The molecule has 12 nitrogen and oxygen atoms in total. The summed E-state index contributed by atoms with van der Waals surface area (Å²) in [5.41, 5.74) is 7.51. The van der Waals surface area contributed by atoms with Crippen LogP contribution in [0.3, 0.4) is 0 Å². The van der Waals surface area contributed by atoms with Gasteiger partial charge in [0.2, 0.25) is 29.5 Å². The molecule has 12 heteroatoms. The lowest BCUT2D eigenvalue weighted by atomic mass is 10.0. The molecule has 41 heavy (non-hydrogen) atoms. The van der Waals surface area contributed by atoms with Gasteiger partial charge in [0, 0.05) is 20.0 Å². The predicted octanol–water partition coefficient (Wildman–Crippen LogP) is -0.405. The molecular weight excluding hydrogens is 528 g/mol. The van der Waals surface area contributed by atoms with Crippen molar-refractivity contribution in [2.24, 2.45) is 5.73 Å². The number of carbonyl (C=O) groups excluding carboxylic acids is 5. The maximum absolute atomic E-state index is 13.0. The minimum absolute atomic E-state index is 0.0964. The zero-order valence-electron chi connectivity index (χ0n) is 23.7. The summed E-state index contributed by atoms with van der Waals surface area (Å²) >= 11 is 0. The van der Waals surface area contributed by atoms with Crippen molar-refractivity contribution in [2.45, 2.75) is 51.2 Å². The summed E-state index contributed by atoms with van der Waals surface area (Å²) in [5, 5.41) is 19.6. The molecule has 0 aliphatic carbocycles. The lowest BCUT2D eigenvalue weighted by Gasteiger charge is -2.28. The van der Waals surface area contributed by atoms with Crippen molar-refractivity contribution in [3.8, 4) is 5.75 Å². The zero-order chi connectivity index (χ0) is 30.4. The topological polar surface area (TPSA) is 183 Å². The summed E-state index contributed by atoms with van der Waals surface area (Å²) in [6, 6.07) is 12.5. The number of phenols is 1. The van der Waals surface area contributed by atoms with E-state index >= 15 is 0 Å². The summed E-state index contributed by atoms with van der Waals surface area (Å²) in [6.45, 7) is 3.23. The molecule has 3 atom stereocenters. The number of aromatic hydroxyl groups is 1. The standard InChI is InChI=1S/C29H40N6O6/c1-4-14-31-25(37)17-32-29(41)24(16-20-8-6-5-7-9-20)35(3)26(38)18-33-27(39)19(2)34-28(40)23(30)15-21-10-12-22(36)13-11-21/h5-13,19,23-24,36H,4,14-18,30H2,1-3H3,(H,31,37)(H,32,41)(H,33,39)(H,34,40)/t19-,23+,24+/m1/s1. The van der Waals surface area contributed by atoms with E-state index < -0.39 is 48.3 Å². The Morgan fingerprint density at radius 1 is 0.829 bits per heavy atom. The van der Waals surface area contributed by atoms with Gasteiger partial charge in [0.05, 0.1) is 19.1 Å². The van der Waals surface area contributed by atoms with Crippen LogP contribution < -0.4 is 27.0 Å². The Balaban J connectivity index is 1.93. The van der Waals surface area contributed by atoms with E-state index in [1.807, 2.05) is 37.3 Å². The highest BCUT2D eigenvalue weighted by Gasteiger charge is 2.28. The Hall–Kier alpha value is -4.45. The highest BCUT2D eigenvalue weighted by atomic mass is 16.3. The highest BCUT2D eigenvalue weighted by molar-refractivity contribution is 5.94. The second-order valence-electron chi connectivity index (χ2n) is 9.70. The van der Waals surface area contributed by atoms with Crippen molar-refractivity contribution in [1.29, 1.82) is 0 Å². The molecule has 0 bridgehead atoms. The van der Waals surface area contributed by atoms with Crippen LogP contribution in [0.15, 0.2) is 54.6 Å². The number of nitrogens with zero attached hydrogens (tertiary/aromatic N) is 1. The van der Waals surface area contributed by atoms with E-state index in [0.29, 0.717) is 6.54 Å². The molecule has 222 valence electrons. The molecule has 2 aromatic rings. The van der Waals surface area contributed by atoms with E-state index in [1.54, 1.807) is 12.1 Å². The molecule has 0 unspecified atom stereocenters. The third kappa shape index (κ3) is 11.3. The number of nitrogens with two attached hydrogens (primary N) is 1. The van der Waals surface area contributed by atoms with E-state index in [0.717, 1.165) is 17.5 Å². The van der Waals surface area contributed by atoms with E-state index in [1.165, 1.54) is 31.0 Å². The van der Waals surface area contributed by atoms with Crippen LogP contribution in [0.2, 0.25) is 0 Å². The van der Waals surface area contributed by atoms with Gasteiger partial charge in [0.25, 0.3) is 0 Å². The quantitative estimate of drug-likeness (QED) is 0.169. The lowest BCUT2D eigenvalue weighted by Crippen LogP contribution is -2.54. The SMILES string of the molecule is CCCNC(=O)CNC(=O)[C@H](Cc1ccccc1)N(C)C(=O)CNC(=O)[C@@H](C)NC(=O)[C@@H](N)Cc1ccc(O)cc1. The van der Waals surface area contributed by atoms with E-state index in [9.17, 15) is 29.1 Å². The Morgan fingerprint density at radius 2 is 1.44 bits per heavy atom. The van der Waals surface area contributed by atoms with Crippen molar-refractivity contribution in [2.75, 3.05) is 26.7 Å². The molecule has 2 rings (SSSR count). The summed E-state index contributed by atoms with van der Waals surface area (Å²) < 4.78 is 0. The van der Waals surface area contributed by atoms with Gasteiger partial charge < -0.3 is 37.0 Å².